The van der Waals surface area contributed by atoms with Crippen LogP contribution >= 0.6 is 27.7 Å². The predicted octanol–water partition coefficient (Wildman–Crippen LogP) is 3.38. The van der Waals surface area contributed by atoms with E-state index in [1.807, 2.05) is 23.1 Å². The molecular formula is C14H19BrN2OS. The fraction of sp³-hybridized carbons (Fsp3) is 0.500. The highest BCUT2D eigenvalue weighted by atomic mass is 79.9. The molecule has 2 rings (SSSR count). The summed E-state index contributed by atoms with van der Waals surface area (Å²) in [5.74, 6) is 1.44. The van der Waals surface area contributed by atoms with Crippen LogP contribution in [0.3, 0.4) is 0 Å². The molecule has 1 aliphatic rings. The third-order valence-corrected chi connectivity index (χ3v) is 5.03. The minimum atomic E-state index is 0.221. The maximum Gasteiger partial charge on any atom is 0.232 e. The molecule has 1 aliphatic heterocycles. The number of thioether (sulfide) groups is 1. The van der Waals surface area contributed by atoms with Crippen LogP contribution in [0.4, 0.5) is 5.69 Å². The summed E-state index contributed by atoms with van der Waals surface area (Å²) in [7, 11) is 0. The first-order chi connectivity index (χ1) is 9.06. The number of nitrogen functional groups attached to an aromatic ring is 1. The monoisotopic (exact) mass is 342 g/mol. The molecule has 1 saturated heterocycles. The van der Waals surface area contributed by atoms with Crippen LogP contribution < -0.4 is 5.73 Å². The molecule has 1 amide bonds. The van der Waals surface area contributed by atoms with E-state index < -0.39 is 0 Å². The van der Waals surface area contributed by atoms with Crippen molar-refractivity contribution in [3.05, 3.63) is 22.7 Å². The lowest BCUT2D eigenvalue weighted by Crippen LogP contribution is -2.38. The normalized spacial score (nSPS) is 16.6. The van der Waals surface area contributed by atoms with E-state index in [2.05, 4.69) is 22.9 Å². The zero-order chi connectivity index (χ0) is 13.8. The number of likely N-dealkylation sites (tertiary alicyclic amines) is 1. The number of halogens is 1. The van der Waals surface area contributed by atoms with E-state index in [1.165, 1.54) is 11.8 Å². The summed E-state index contributed by atoms with van der Waals surface area (Å²) < 4.78 is 0.964. The second-order valence-electron chi connectivity index (χ2n) is 5.03. The molecule has 2 N–H and O–H groups in total. The van der Waals surface area contributed by atoms with Gasteiger partial charge in [0.15, 0.2) is 0 Å². The number of anilines is 1. The van der Waals surface area contributed by atoms with Crippen molar-refractivity contribution >= 4 is 39.3 Å². The van der Waals surface area contributed by atoms with Crippen molar-refractivity contribution in [2.24, 2.45) is 5.92 Å². The van der Waals surface area contributed by atoms with Crippen molar-refractivity contribution < 1.29 is 4.79 Å². The van der Waals surface area contributed by atoms with Gasteiger partial charge in [0.2, 0.25) is 5.91 Å². The van der Waals surface area contributed by atoms with Gasteiger partial charge in [-0.3, -0.25) is 4.79 Å². The number of carbonyl (C=O) groups is 1. The summed E-state index contributed by atoms with van der Waals surface area (Å²) in [6, 6.07) is 5.77. The summed E-state index contributed by atoms with van der Waals surface area (Å²) in [6.07, 6.45) is 2.24. The van der Waals surface area contributed by atoms with E-state index in [4.69, 9.17) is 5.73 Å². The largest absolute Gasteiger partial charge is 0.398 e. The van der Waals surface area contributed by atoms with E-state index in [1.54, 1.807) is 0 Å². The first-order valence-electron chi connectivity index (χ1n) is 6.52. The number of hydrogen-bond acceptors (Lipinski definition) is 3. The van der Waals surface area contributed by atoms with Gasteiger partial charge in [0, 0.05) is 28.1 Å². The highest BCUT2D eigenvalue weighted by Crippen LogP contribution is 2.28. The first-order valence-corrected chi connectivity index (χ1v) is 8.29. The van der Waals surface area contributed by atoms with Crippen molar-refractivity contribution in [3.63, 3.8) is 0 Å². The van der Waals surface area contributed by atoms with Gasteiger partial charge in [-0.2, -0.15) is 0 Å². The molecule has 0 unspecified atom stereocenters. The molecule has 104 valence electrons. The Morgan fingerprint density at radius 1 is 1.47 bits per heavy atom. The fourth-order valence-electron chi connectivity index (χ4n) is 2.14. The molecule has 19 heavy (non-hydrogen) atoms. The molecule has 1 aromatic carbocycles. The molecule has 1 heterocycles. The number of benzene rings is 1. The Kier molecular flexibility index (Phi) is 5.16. The molecule has 0 bridgehead atoms. The fourth-order valence-corrected chi connectivity index (χ4v) is 3.37. The Bertz CT molecular complexity index is 459. The van der Waals surface area contributed by atoms with Gasteiger partial charge in [0.05, 0.1) is 5.75 Å². The van der Waals surface area contributed by atoms with Crippen molar-refractivity contribution in [1.82, 2.24) is 4.90 Å². The zero-order valence-corrected chi connectivity index (χ0v) is 13.5. The second-order valence-corrected chi connectivity index (χ2v) is 6.97. The average molecular weight is 343 g/mol. The number of nitrogens with zero attached hydrogens (tertiary/aromatic N) is 1. The number of carbonyl (C=O) groups excluding carboxylic acids is 1. The highest BCUT2D eigenvalue weighted by Gasteiger charge is 2.20. The Hall–Kier alpha value is -0.680. The summed E-state index contributed by atoms with van der Waals surface area (Å²) in [5, 5.41) is 0. The van der Waals surface area contributed by atoms with Gasteiger partial charge in [-0.25, -0.2) is 0 Å². The van der Waals surface area contributed by atoms with Crippen molar-refractivity contribution in [1.29, 1.82) is 0 Å². The van der Waals surface area contributed by atoms with Gasteiger partial charge in [-0.1, -0.05) is 22.9 Å². The Balaban J connectivity index is 1.86. The Morgan fingerprint density at radius 3 is 2.79 bits per heavy atom. The topological polar surface area (TPSA) is 46.3 Å². The molecule has 0 spiro atoms. The number of piperidine rings is 1. The van der Waals surface area contributed by atoms with Gasteiger partial charge in [0.1, 0.15) is 0 Å². The van der Waals surface area contributed by atoms with Crippen LogP contribution in [-0.4, -0.2) is 29.6 Å². The Morgan fingerprint density at radius 2 is 2.16 bits per heavy atom. The minimum Gasteiger partial charge on any atom is -0.398 e. The summed E-state index contributed by atoms with van der Waals surface area (Å²) >= 11 is 4.90. The van der Waals surface area contributed by atoms with Gasteiger partial charge < -0.3 is 10.6 Å². The zero-order valence-electron chi connectivity index (χ0n) is 11.1. The standard InChI is InChI=1S/C14H19BrN2OS/c1-10-4-6-17(7-5-10)14(18)9-19-13-3-2-11(15)8-12(13)16/h2-3,8,10H,4-7,9,16H2,1H3. The minimum absolute atomic E-state index is 0.221. The Labute approximate surface area is 127 Å². The molecule has 5 heteroatoms. The van der Waals surface area contributed by atoms with Crippen LogP contribution in [-0.2, 0) is 4.79 Å². The highest BCUT2D eigenvalue weighted by molar-refractivity contribution is 9.10. The number of amides is 1. The molecule has 0 atom stereocenters. The molecule has 1 fully saturated rings. The molecular weight excluding hydrogens is 324 g/mol. The van der Waals surface area contributed by atoms with Gasteiger partial charge in [0.25, 0.3) is 0 Å². The first kappa shape index (κ1) is 14.7. The second kappa shape index (κ2) is 6.66. The van der Waals surface area contributed by atoms with Gasteiger partial charge in [-0.05, 0) is 37.0 Å². The molecule has 0 saturated carbocycles. The molecule has 0 aliphatic carbocycles. The van der Waals surface area contributed by atoms with Crippen molar-refractivity contribution in [2.45, 2.75) is 24.7 Å². The van der Waals surface area contributed by atoms with E-state index in [9.17, 15) is 4.79 Å². The van der Waals surface area contributed by atoms with Crippen LogP contribution in [0, 0.1) is 5.92 Å². The predicted molar refractivity (Wildman–Crippen MR) is 84.3 cm³/mol. The van der Waals surface area contributed by atoms with E-state index in [0.29, 0.717) is 5.75 Å². The van der Waals surface area contributed by atoms with Crippen molar-refractivity contribution in [3.8, 4) is 0 Å². The van der Waals surface area contributed by atoms with Crippen LogP contribution in [0.2, 0.25) is 0 Å². The van der Waals surface area contributed by atoms with Crippen LogP contribution in [0.15, 0.2) is 27.6 Å². The lowest BCUT2D eigenvalue weighted by Gasteiger charge is -2.30. The summed E-state index contributed by atoms with van der Waals surface area (Å²) in [4.78, 5) is 15.1. The molecule has 0 aromatic heterocycles. The summed E-state index contributed by atoms with van der Waals surface area (Å²) in [6.45, 7) is 4.05. The molecule has 3 nitrogen and oxygen atoms in total. The molecule has 1 aromatic rings. The third-order valence-electron chi connectivity index (χ3n) is 3.46. The maximum absolute atomic E-state index is 12.1. The quantitative estimate of drug-likeness (QED) is 0.676. The van der Waals surface area contributed by atoms with Crippen LogP contribution in [0.1, 0.15) is 19.8 Å². The number of nitrogens with two attached hydrogens (primary N) is 1. The van der Waals surface area contributed by atoms with Crippen molar-refractivity contribution in [2.75, 3.05) is 24.6 Å². The van der Waals surface area contributed by atoms with E-state index in [0.717, 1.165) is 46.9 Å². The summed E-state index contributed by atoms with van der Waals surface area (Å²) in [5.41, 5.74) is 6.65. The van der Waals surface area contributed by atoms with Crippen LogP contribution in [0.5, 0.6) is 0 Å². The van der Waals surface area contributed by atoms with Gasteiger partial charge >= 0.3 is 0 Å². The average Bonchev–Trinajstić information content (AvgIpc) is 2.38. The van der Waals surface area contributed by atoms with E-state index in [-0.39, 0.29) is 5.91 Å². The number of hydrogen-bond donors (Lipinski definition) is 1. The SMILES string of the molecule is CC1CCN(C(=O)CSc2ccc(Br)cc2N)CC1. The van der Waals surface area contributed by atoms with Crippen LogP contribution in [0.25, 0.3) is 0 Å². The van der Waals surface area contributed by atoms with Gasteiger partial charge in [-0.15, -0.1) is 11.8 Å². The smallest absolute Gasteiger partial charge is 0.232 e. The molecule has 0 radical (unpaired) electrons. The lowest BCUT2D eigenvalue weighted by atomic mass is 9.99. The maximum atomic E-state index is 12.1. The third kappa shape index (κ3) is 4.14. The van der Waals surface area contributed by atoms with E-state index >= 15 is 0 Å². The number of rotatable bonds is 3. The lowest BCUT2D eigenvalue weighted by molar-refractivity contribution is -0.129.